The smallest absolute Gasteiger partial charge is 0.228 e. The number of ether oxygens (including phenoxy) is 2. The maximum atomic E-state index is 12.3. The Labute approximate surface area is 153 Å². The number of hydrogen-bond donors (Lipinski definition) is 1. The number of pyridine rings is 2. The topological polar surface area (TPSA) is 73.3 Å². The van der Waals surface area contributed by atoms with Gasteiger partial charge in [-0.15, -0.1) is 0 Å². The summed E-state index contributed by atoms with van der Waals surface area (Å²) in [5.74, 6) is 1.73. The van der Waals surface area contributed by atoms with Gasteiger partial charge in [0, 0.05) is 37.1 Å². The molecular weight excluding hydrogens is 330 g/mol. The van der Waals surface area contributed by atoms with Crippen molar-refractivity contribution in [3.8, 4) is 5.88 Å². The average molecular weight is 353 g/mol. The van der Waals surface area contributed by atoms with Crippen LogP contribution in [0.1, 0.15) is 37.2 Å². The first kappa shape index (κ1) is 17.0. The van der Waals surface area contributed by atoms with Crippen LogP contribution in [0.3, 0.4) is 0 Å². The number of nitrogens with one attached hydrogen (secondary N) is 1. The fourth-order valence-corrected chi connectivity index (χ4v) is 3.52. The van der Waals surface area contributed by atoms with Gasteiger partial charge in [0.05, 0.1) is 0 Å². The largest absolute Gasteiger partial charge is 0.474 e. The van der Waals surface area contributed by atoms with Crippen LogP contribution in [0.2, 0.25) is 0 Å². The molecule has 1 saturated carbocycles. The molecule has 0 unspecified atom stereocenters. The molecule has 2 aliphatic rings. The lowest BCUT2D eigenvalue weighted by Gasteiger charge is -2.35. The molecule has 4 rings (SSSR count). The van der Waals surface area contributed by atoms with Crippen LogP contribution in [0.25, 0.3) is 0 Å². The van der Waals surface area contributed by atoms with Crippen molar-refractivity contribution < 1.29 is 14.3 Å². The molecule has 1 saturated heterocycles. The molecule has 3 heterocycles. The van der Waals surface area contributed by atoms with Gasteiger partial charge in [-0.25, -0.2) is 9.97 Å². The van der Waals surface area contributed by atoms with Crippen LogP contribution in [0, 0.1) is 5.92 Å². The van der Waals surface area contributed by atoms with Crippen LogP contribution < -0.4 is 10.1 Å². The maximum absolute atomic E-state index is 12.3. The van der Waals surface area contributed by atoms with Gasteiger partial charge in [-0.3, -0.25) is 4.79 Å². The van der Waals surface area contributed by atoms with Crippen molar-refractivity contribution in [2.45, 2.75) is 37.7 Å². The van der Waals surface area contributed by atoms with E-state index in [4.69, 9.17) is 9.47 Å². The van der Waals surface area contributed by atoms with E-state index in [1.54, 1.807) is 18.5 Å². The first-order chi connectivity index (χ1) is 12.8. The minimum Gasteiger partial charge on any atom is -0.474 e. The Morgan fingerprint density at radius 2 is 1.88 bits per heavy atom. The van der Waals surface area contributed by atoms with Gasteiger partial charge >= 0.3 is 0 Å². The Hall–Kier alpha value is -2.47. The number of rotatable bonds is 5. The molecule has 1 amide bonds. The second kappa shape index (κ2) is 7.83. The van der Waals surface area contributed by atoms with Gasteiger partial charge in [0.15, 0.2) is 0 Å². The summed E-state index contributed by atoms with van der Waals surface area (Å²) in [5, 5.41) is 2.86. The van der Waals surface area contributed by atoms with Crippen molar-refractivity contribution in [2.75, 3.05) is 18.5 Å². The summed E-state index contributed by atoms with van der Waals surface area (Å²) in [6.07, 6.45) is 6.90. The molecule has 6 nitrogen and oxygen atoms in total. The second-order valence-electron chi connectivity index (χ2n) is 6.90. The van der Waals surface area contributed by atoms with Gasteiger partial charge in [-0.05, 0) is 49.8 Å². The molecule has 0 spiro atoms. The summed E-state index contributed by atoms with van der Waals surface area (Å²) >= 11 is 0. The van der Waals surface area contributed by atoms with E-state index < -0.39 is 0 Å². The minimum absolute atomic E-state index is 0.00854. The molecule has 1 aliphatic heterocycles. The number of carbonyl (C=O) groups is 1. The van der Waals surface area contributed by atoms with E-state index in [-0.39, 0.29) is 17.9 Å². The summed E-state index contributed by atoms with van der Waals surface area (Å²) < 4.78 is 11.6. The van der Waals surface area contributed by atoms with E-state index in [0.29, 0.717) is 30.5 Å². The van der Waals surface area contributed by atoms with Gasteiger partial charge in [-0.1, -0.05) is 12.1 Å². The fraction of sp³-hybridized carbons (Fsp3) is 0.450. The zero-order valence-corrected chi connectivity index (χ0v) is 14.6. The highest BCUT2D eigenvalue weighted by Gasteiger charge is 2.37. The molecule has 26 heavy (non-hydrogen) atoms. The van der Waals surface area contributed by atoms with Crippen LogP contribution in [-0.4, -0.2) is 35.2 Å². The highest BCUT2D eigenvalue weighted by atomic mass is 16.5. The van der Waals surface area contributed by atoms with Gasteiger partial charge < -0.3 is 14.8 Å². The van der Waals surface area contributed by atoms with Crippen molar-refractivity contribution >= 4 is 11.7 Å². The molecular formula is C20H23N3O3. The molecule has 1 aliphatic carbocycles. The molecule has 2 aromatic heterocycles. The number of anilines is 1. The molecule has 2 fully saturated rings. The standard InChI is InChI=1S/C20H23N3O3/c24-19(23-18-5-1-2-8-21-18)15-12-16(13-15)26-20-17(4-3-9-22-20)14-6-10-25-11-7-14/h1-5,8-9,14-16H,6-7,10-13H2,(H,21,23,24)/t15-,16+. The normalized spacial score (nSPS) is 23.1. The highest BCUT2D eigenvalue weighted by Crippen LogP contribution is 2.36. The maximum Gasteiger partial charge on any atom is 0.228 e. The Bertz CT molecular complexity index is 741. The molecule has 1 N–H and O–H groups in total. The summed E-state index contributed by atoms with van der Waals surface area (Å²) in [6, 6.07) is 9.53. The minimum atomic E-state index is -0.0303. The number of nitrogens with zero attached hydrogens (tertiary/aromatic N) is 2. The zero-order chi connectivity index (χ0) is 17.8. The fourth-order valence-electron chi connectivity index (χ4n) is 3.52. The average Bonchev–Trinajstić information content (AvgIpc) is 2.66. The van der Waals surface area contributed by atoms with E-state index in [1.807, 2.05) is 18.2 Å². The third-order valence-electron chi connectivity index (χ3n) is 5.12. The lowest BCUT2D eigenvalue weighted by molar-refractivity contribution is -0.125. The Kier molecular flexibility index (Phi) is 5.11. The quantitative estimate of drug-likeness (QED) is 0.894. The van der Waals surface area contributed by atoms with E-state index in [9.17, 15) is 4.79 Å². The van der Waals surface area contributed by atoms with Crippen LogP contribution in [-0.2, 0) is 9.53 Å². The molecule has 0 bridgehead atoms. The third kappa shape index (κ3) is 3.85. The third-order valence-corrected chi connectivity index (χ3v) is 5.12. The Morgan fingerprint density at radius 3 is 2.65 bits per heavy atom. The molecule has 0 aromatic carbocycles. The Morgan fingerprint density at radius 1 is 1.08 bits per heavy atom. The summed E-state index contributed by atoms with van der Waals surface area (Å²) in [6.45, 7) is 1.58. The van der Waals surface area contributed by atoms with Gasteiger partial charge in [0.25, 0.3) is 0 Å². The first-order valence-corrected chi connectivity index (χ1v) is 9.21. The van der Waals surface area contributed by atoms with E-state index >= 15 is 0 Å². The molecule has 0 atom stereocenters. The number of hydrogen-bond acceptors (Lipinski definition) is 5. The predicted octanol–water partition coefficient (Wildman–Crippen LogP) is 3.17. The van der Waals surface area contributed by atoms with E-state index in [2.05, 4.69) is 21.4 Å². The number of amides is 1. The SMILES string of the molecule is O=C(Nc1ccccn1)[C@H]1C[C@@H](Oc2ncccc2C2CCOCC2)C1. The second-order valence-corrected chi connectivity index (χ2v) is 6.90. The van der Waals surface area contributed by atoms with Gasteiger partial charge in [-0.2, -0.15) is 0 Å². The molecule has 0 radical (unpaired) electrons. The summed E-state index contributed by atoms with van der Waals surface area (Å²) in [5.41, 5.74) is 1.16. The van der Waals surface area contributed by atoms with Crippen LogP contribution in [0.4, 0.5) is 5.82 Å². The van der Waals surface area contributed by atoms with Gasteiger partial charge in [0.1, 0.15) is 11.9 Å². The summed E-state index contributed by atoms with van der Waals surface area (Å²) in [7, 11) is 0. The number of carbonyl (C=O) groups excluding carboxylic acids is 1. The van der Waals surface area contributed by atoms with Gasteiger partial charge in [0.2, 0.25) is 11.8 Å². The monoisotopic (exact) mass is 353 g/mol. The molecule has 6 heteroatoms. The lowest BCUT2D eigenvalue weighted by atomic mass is 9.81. The first-order valence-electron chi connectivity index (χ1n) is 9.21. The zero-order valence-electron chi connectivity index (χ0n) is 14.6. The molecule has 2 aromatic rings. The van der Waals surface area contributed by atoms with E-state index in [0.717, 1.165) is 31.6 Å². The van der Waals surface area contributed by atoms with E-state index in [1.165, 1.54) is 0 Å². The Balaban J connectivity index is 1.32. The van der Waals surface area contributed by atoms with Crippen LogP contribution >= 0.6 is 0 Å². The predicted molar refractivity (Wildman–Crippen MR) is 97.0 cm³/mol. The molecule has 136 valence electrons. The lowest BCUT2D eigenvalue weighted by Crippen LogP contribution is -2.41. The summed E-state index contributed by atoms with van der Waals surface area (Å²) in [4.78, 5) is 20.8. The van der Waals surface area contributed by atoms with Crippen molar-refractivity contribution in [3.63, 3.8) is 0 Å². The van der Waals surface area contributed by atoms with Crippen LogP contribution in [0.5, 0.6) is 5.88 Å². The number of aromatic nitrogens is 2. The van der Waals surface area contributed by atoms with Crippen molar-refractivity contribution in [1.29, 1.82) is 0 Å². The van der Waals surface area contributed by atoms with Crippen molar-refractivity contribution in [2.24, 2.45) is 5.92 Å². The van der Waals surface area contributed by atoms with Crippen molar-refractivity contribution in [3.05, 3.63) is 48.3 Å². The van der Waals surface area contributed by atoms with Crippen LogP contribution in [0.15, 0.2) is 42.7 Å². The highest BCUT2D eigenvalue weighted by molar-refractivity contribution is 5.92. The van der Waals surface area contributed by atoms with Crippen molar-refractivity contribution in [1.82, 2.24) is 9.97 Å².